The van der Waals surface area contributed by atoms with E-state index in [1.54, 1.807) is 0 Å². The van der Waals surface area contributed by atoms with E-state index >= 15 is 0 Å². The van der Waals surface area contributed by atoms with Crippen LogP contribution in [0.25, 0.3) is 0 Å². The van der Waals surface area contributed by atoms with Crippen molar-refractivity contribution in [3.8, 4) is 0 Å². The van der Waals surface area contributed by atoms with E-state index in [0.717, 1.165) is 19.6 Å². The van der Waals surface area contributed by atoms with Crippen LogP contribution in [-0.2, 0) is 4.79 Å². The highest BCUT2D eigenvalue weighted by atomic mass is 16.4. The molecule has 116 valence electrons. The smallest absolute Gasteiger partial charge is 0.306 e. The van der Waals surface area contributed by atoms with Crippen molar-refractivity contribution in [1.29, 1.82) is 0 Å². The van der Waals surface area contributed by atoms with Gasteiger partial charge in [0.15, 0.2) is 0 Å². The van der Waals surface area contributed by atoms with E-state index in [1.165, 1.54) is 19.3 Å². The predicted molar refractivity (Wildman–Crippen MR) is 78.6 cm³/mol. The summed E-state index contributed by atoms with van der Waals surface area (Å²) in [7, 11) is 0. The molecule has 0 aromatic heterocycles. The topological polar surface area (TPSA) is 60.8 Å². The summed E-state index contributed by atoms with van der Waals surface area (Å²) >= 11 is 0. The second kappa shape index (κ2) is 6.02. The Morgan fingerprint density at radius 1 is 1.15 bits per heavy atom. The number of hydrogen-bond donors (Lipinski definition) is 2. The van der Waals surface area contributed by atoms with E-state index in [0.29, 0.717) is 31.1 Å². The molecule has 0 aromatic rings. The van der Waals surface area contributed by atoms with Crippen LogP contribution in [0.15, 0.2) is 0 Å². The number of likely N-dealkylation sites (tertiary alicyclic amines) is 1. The molecule has 1 aliphatic carbocycles. The largest absolute Gasteiger partial charge is 0.481 e. The molecule has 4 nitrogen and oxygen atoms in total. The Labute approximate surface area is 122 Å². The first-order chi connectivity index (χ1) is 9.30. The first-order valence-corrected chi connectivity index (χ1v) is 7.97. The molecule has 2 fully saturated rings. The fraction of sp³-hybridized carbons (Fsp3) is 0.938. The summed E-state index contributed by atoms with van der Waals surface area (Å²) in [6.07, 6.45) is 6.12. The van der Waals surface area contributed by atoms with Crippen molar-refractivity contribution >= 4 is 5.97 Å². The number of nitrogens with zero attached hydrogens (tertiary/aromatic N) is 1. The van der Waals surface area contributed by atoms with Crippen LogP contribution < -0.4 is 0 Å². The van der Waals surface area contributed by atoms with E-state index in [1.807, 2.05) is 0 Å². The molecule has 1 saturated heterocycles. The molecular weight excluding hydrogens is 254 g/mol. The van der Waals surface area contributed by atoms with Crippen LogP contribution in [0.1, 0.15) is 58.8 Å². The zero-order valence-corrected chi connectivity index (χ0v) is 12.9. The van der Waals surface area contributed by atoms with E-state index < -0.39 is 11.6 Å². The van der Waals surface area contributed by atoms with Crippen molar-refractivity contribution in [2.24, 2.45) is 11.3 Å². The van der Waals surface area contributed by atoms with Gasteiger partial charge in [-0.15, -0.1) is 0 Å². The molecule has 1 heterocycles. The number of carbonyl (C=O) groups is 1. The lowest BCUT2D eigenvalue weighted by molar-refractivity contribution is -0.145. The summed E-state index contributed by atoms with van der Waals surface area (Å²) in [6, 6.07) is 0. The van der Waals surface area contributed by atoms with Crippen molar-refractivity contribution in [2.45, 2.75) is 64.4 Å². The van der Waals surface area contributed by atoms with Crippen LogP contribution in [0.5, 0.6) is 0 Å². The Morgan fingerprint density at radius 3 is 2.40 bits per heavy atom. The number of hydrogen-bond acceptors (Lipinski definition) is 3. The first kappa shape index (κ1) is 15.8. The van der Waals surface area contributed by atoms with Gasteiger partial charge in [0, 0.05) is 6.54 Å². The third-order valence-electron chi connectivity index (χ3n) is 5.22. The molecule has 0 spiro atoms. The van der Waals surface area contributed by atoms with Gasteiger partial charge in [-0.3, -0.25) is 4.79 Å². The van der Waals surface area contributed by atoms with Crippen molar-refractivity contribution in [2.75, 3.05) is 19.6 Å². The lowest BCUT2D eigenvalue weighted by atomic mass is 9.78. The molecule has 0 radical (unpaired) electrons. The van der Waals surface area contributed by atoms with Gasteiger partial charge in [0.25, 0.3) is 0 Å². The number of β-amino-alcohol motifs (C(OH)–C–C–N with tert-alkyl or cyclic N) is 1. The van der Waals surface area contributed by atoms with Crippen LogP contribution in [0.2, 0.25) is 0 Å². The second-order valence-corrected chi connectivity index (χ2v) is 7.63. The number of aliphatic carboxylic acids is 1. The fourth-order valence-electron chi connectivity index (χ4n) is 3.61. The lowest BCUT2D eigenvalue weighted by Crippen LogP contribution is -2.46. The average molecular weight is 283 g/mol. The summed E-state index contributed by atoms with van der Waals surface area (Å²) in [5.41, 5.74) is -0.251. The molecule has 20 heavy (non-hydrogen) atoms. The summed E-state index contributed by atoms with van der Waals surface area (Å²) < 4.78 is 0. The maximum atomic E-state index is 11.0. The minimum atomic E-state index is -0.705. The van der Waals surface area contributed by atoms with Gasteiger partial charge in [0.2, 0.25) is 0 Å². The van der Waals surface area contributed by atoms with Crippen LogP contribution in [0, 0.1) is 11.3 Å². The average Bonchev–Trinajstić information content (AvgIpc) is 2.51. The molecule has 2 rings (SSSR count). The zero-order valence-electron chi connectivity index (χ0n) is 12.9. The van der Waals surface area contributed by atoms with Gasteiger partial charge in [-0.05, 0) is 63.5 Å². The molecular formula is C16H29NO3. The Hall–Kier alpha value is -0.610. The molecule has 0 amide bonds. The normalized spacial score (nSPS) is 35.5. The number of aliphatic hydroxyl groups is 1. The Kier molecular flexibility index (Phi) is 4.75. The molecule has 0 unspecified atom stereocenters. The van der Waals surface area contributed by atoms with E-state index in [2.05, 4.69) is 18.7 Å². The number of carboxylic acids is 1. The van der Waals surface area contributed by atoms with Gasteiger partial charge in [0.1, 0.15) is 0 Å². The Bertz CT molecular complexity index is 346. The van der Waals surface area contributed by atoms with E-state index in [9.17, 15) is 9.90 Å². The molecule has 4 heteroatoms. The van der Waals surface area contributed by atoms with E-state index in [-0.39, 0.29) is 5.92 Å². The highest BCUT2D eigenvalue weighted by Crippen LogP contribution is 2.35. The van der Waals surface area contributed by atoms with Gasteiger partial charge >= 0.3 is 5.97 Å². The van der Waals surface area contributed by atoms with Gasteiger partial charge in [0.05, 0.1) is 11.5 Å². The molecule has 1 aliphatic heterocycles. The van der Waals surface area contributed by atoms with Crippen LogP contribution >= 0.6 is 0 Å². The van der Waals surface area contributed by atoms with Crippen molar-refractivity contribution in [1.82, 2.24) is 4.90 Å². The van der Waals surface area contributed by atoms with Crippen molar-refractivity contribution < 1.29 is 15.0 Å². The van der Waals surface area contributed by atoms with Crippen molar-refractivity contribution in [3.05, 3.63) is 0 Å². The predicted octanol–water partition coefficient (Wildman–Crippen LogP) is 2.50. The number of rotatable bonds is 3. The maximum absolute atomic E-state index is 11.0. The zero-order chi connectivity index (χ0) is 14.8. The molecule has 0 bridgehead atoms. The van der Waals surface area contributed by atoms with Gasteiger partial charge in [-0.2, -0.15) is 0 Å². The van der Waals surface area contributed by atoms with Crippen LogP contribution in [-0.4, -0.2) is 46.3 Å². The van der Waals surface area contributed by atoms with Gasteiger partial charge in [-0.25, -0.2) is 0 Å². The highest BCUT2D eigenvalue weighted by molar-refractivity contribution is 5.70. The van der Waals surface area contributed by atoms with E-state index in [4.69, 9.17) is 5.11 Å². The molecule has 2 N–H and O–H groups in total. The summed E-state index contributed by atoms with van der Waals surface area (Å²) in [5.74, 6) is -0.957. The Morgan fingerprint density at radius 2 is 1.80 bits per heavy atom. The monoisotopic (exact) mass is 283 g/mol. The molecule has 0 atom stereocenters. The van der Waals surface area contributed by atoms with Crippen LogP contribution in [0.3, 0.4) is 0 Å². The maximum Gasteiger partial charge on any atom is 0.306 e. The first-order valence-electron chi connectivity index (χ1n) is 7.97. The second-order valence-electron chi connectivity index (χ2n) is 7.63. The lowest BCUT2D eigenvalue weighted by Gasteiger charge is -2.38. The standard InChI is InChI=1S/C16H29NO3/c1-15(2)6-3-10-17(11-9-15)12-16(20)7-4-13(5-8-16)14(18)19/h13,20H,3-12H2,1-2H3,(H,18,19). The highest BCUT2D eigenvalue weighted by Gasteiger charge is 2.37. The minimum Gasteiger partial charge on any atom is -0.481 e. The van der Waals surface area contributed by atoms with Gasteiger partial charge < -0.3 is 15.1 Å². The third kappa shape index (κ3) is 4.19. The Balaban J connectivity index is 1.85. The third-order valence-corrected chi connectivity index (χ3v) is 5.22. The summed E-state index contributed by atoms with van der Waals surface area (Å²) in [4.78, 5) is 13.4. The quantitative estimate of drug-likeness (QED) is 0.835. The minimum absolute atomic E-state index is 0.252. The van der Waals surface area contributed by atoms with Crippen LogP contribution in [0.4, 0.5) is 0 Å². The van der Waals surface area contributed by atoms with Crippen molar-refractivity contribution in [3.63, 3.8) is 0 Å². The fourth-order valence-corrected chi connectivity index (χ4v) is 3.61. The summed E-state index contributed by atoms with van der Waals surface area (Å²) in [5, 5.41) is 19.7. The number of carboxylic acid groups (broad SMARTS) is 1. The van der Waals surface area contributed by atoms with Gasteiger partial charge in [-0.1, -0.05) is 13.8 Å². The SMILES string of the molecule is CC1(C)CCCN(CC2(O)CCC(C(=O)O)CC2)CC1. The molecule has 2 aliphatic rings. The summed E-state index contributed by atoms with van der Waals surface area (Å²) in [6.45, 7) is 7.48. The molecule has 1 saturated carbocycles. The molecule has 0 aromatic carbocycles.